The van der Waals surface area contributed by atoms with Gasteiger partial charge in [-0.2, -0.15) is 5.26 Å². The lowest BCUT2D eigenvalue weighted by Crippen LogP contribution is -2.38. The van der Waals surface area contributed by atoms with E-state index in [0.717, 1.165) is 31.4 Å². The lowest BCUT2D eigenvalue weighted by Gasteiger charge is -2.35. The molecule has 0 N–H and O–H groups in total. The molecule has 0 aliphatic carbocycles. The van der Waals surface area contributed by atoms with Gasteiger partial charge in [0, 0.05) is 58.3 Å². The number of nitrogens with zero attached hydrogens (tertiary/aromatic N) is 4. The minimum atomic E-state index is -0.443. The maximum absolute atomic E-state index is 11.7. The van der Waals surface area contributed by atoms with Crippen LogP contribution >= 0.6 is 0 Å². The number of hydrogen-bond acceptors (Lipinski definition) is 7. The van der Waals surface area contributed by atoms with E-state index in [2.05, 4.69) is 4.90 Å². The summed E-state index contributed by atoms with van der Waals surface area (Å²) in [5.41, 5.74) is 1.32. The van der Waals surface area contributed by atoms with E-state index in [4.69, 9.17) is 9.47 Å². The van der Waals surface area contributed by atoms with Gasteiger partial charge in [0.1, 0.15) is 17.3 Å². The summed E-state index contributed by atoms with van der Waals surface area (Å²) in [6.45, 7) is 2.72. The van der Waals surface area contributed by atoms with E-state index in [1.807, 2.05) is 31.1 Å². The van der Waals surface area contributed by atoms with Gasteiger partial charge in [-0.05, 0) is 37.8 Å². The number of nitro groups is 1. The quantitative estimate of drug-likeness (QED) is 0.578. The molecular formula is C19H26N4O4. The van der Waals surface area contributed by atoms with Crippen molar-refractivity contribution in [3.63, 3.8) is 0 Å². The molecule has 0 saturated carbocycles. The Morgan fingerprint density at radius 1 is 1.04 bits per heavy atom. The molecule has 2 aliphatic heterocycles. The monoisotopic (exact) mass is 374 g/mol. The predicted octanol–water partition coefficient (Wildman–Crippen LogP) is 2.70. The Balaban J connectivity index is 2.00. The van der Waals surface area contributed by atoms with Gasteiger partial charge in [-0.3, -0.25) is 10.1 Å². The van der Waals surface area contributed by atoms with Crippen LogP contribution in [0, 0.1) is 21.4 Å². The highest BCUT2D eigenvalue weighted by atomic mass is 16.6. The van der Waals surface area contributed by atoms with Crippen LogP contribution in [0.2, 0.25) is 0 Å². The number of hydrogen-bond donors (Lipinski definition) is 0. The molecule has 2 heterocycles. The van der Waals surface area contributed by atoms with Crippen LogP contribution in [0.5, 0.6) is 0 Å². The summed E-state index contributed by atoms with van der Waals surface area (Å²) < 4.78 is 10.9. The summed E-state index contributed by atoms with van der Waals surface area (Å²) in [6.07, 6.45) is 3.44. The van der Waals surface area contributed by atoms with Crippen molar-refractivity contribution in [1.29, 1.82) is 5.26 Å². The Hall–Kier alpha value is -2.37. The van der Waals surface area contributed by atoms with Crippen molar-refractivity contribution in [2.24, 2.45) is 0 Å². The number of ether oxygens (including phenoxy) is 2. The molecule has 146 valence electrons. The highest BCUT2D eigenvalue weighted by molar-refractivity contribution is 5.76. The van der Waals surface area contributed by atoms with Crippen LogP contribution < -0.4 is 9.80 Å². The van der Waals surface area contributed by atoms with E-state index in [1.165, 1.54) is 0 Å². The van der Waals surface area contributed by atoms with Crippen LogP contribution in [0.15, 0.2) is 12.1 Å². The van der Waals surface area contributed by atoms with Crippen LogP contribution in [-0.4, -0.2) is 57.5 Å². The minimum Gasteiger partial charge on any atom is -0.381 e. The Morgan fingerprint density at radius 2 is 1.56 bits per heavy atom. The molecule has 1 aromatic rings. The Morgan fingerprint density at radius 3 is 2.04 bits per heavy atom. The van der Waals surface area contributed by atoms with Crippen LogP contribution in [0.25, 0.3) is 0 Å². The second-order valence-corrected chi connectivity index (χ2v) is 7.14. The van der Waals surface area contributed by atoms with E-state index in [1.54, 1.807) is 6.07 Å². The van der Waals surface area contributed by atoms with Crippen molar-refractivity contribution in [3.8, 4) is 6.07 Å². The molecule has 8 nitrogen and oxygen atoms in total. The van der Waals surface area contributed by atoms with Crippen molar-refractivity contribution in [2.45, 2.75) is 37.8 Å². The van der Waals surface area contributed by atoms with Crippen molar-refractivity contribution in [2.75, 3.05) is 50.3 Å². The molecule has 0 atom stereocenters. The number of nitriles is 1. The number of benzene rings is 1. The summed E-state index contributed by atoms with van der Waals surface area (Å²) >= 11 is 0. The zero-order valence-electron chi connectivity index (χ0n) is 15.9. The third-order valence-electron chi connectivity index (χ3n) is 5.64. The SMILES string of the molecule is CN(c1cc(C#N)c([N+](=O)[O-])c(N(C)C2CCOCC2)c1)C1CCOCC1. The molecule has 0 aromatic heterocycles. The van der Waals surface area contributed by atoms with Crippen molar-refractivity contribution >= 4 is 17.1 Å². The fourth-order valence-electron chi connectivity index (χ4n) is 3.91. The molecule has 0 amide bonds. The zero-order valence-corrected chi connectivity index (χ0v) is 15.9. The van der Waals surface area contributed by atoms with Crippen LogP contribution in [-0.2, 0) is 9.47 Å². The second kappa shape index (κ2) is 8.55. The topological polar surface area (TPSA) is 91.9 Å². The number of anilines is 2. The molecule has 1 aromatic carbocycles. The first-order valence-electron chi connectivity index (χ1n) is 9.36. The Kier molecular flexibility index (Phi) is 6.14. The molecule has 2 fully saturated rings. The molecule has 27 heavy (non-hydrogen) atoms. The molecule has 0 bridgehead atoms. The molecule has 2 saturated heterocycles. The van der Waals surface area contributed by atoms with Crippen LogP contribution in [0.3, 0.4) is 0 Å². The van der Waals surface area contributed by atoms with E-state index < -0.39 is 4.92 Å². The van der Waals surface area contributed by atoms with Gasteiger partial charge in [0.2, 0.25) is 0 Å². The highest BCUT2D eigenvalue weighted by Crippen LogP contribution is 2.38. The van der Waals surface area contributed by atoms with E-state index in [9.17, 15) is 15.4 Å². The van der Waals surface area contributed by atoms with Crippen LogP contribution in [0.1, 0.15) is 31.2 Å². The van der Waals surface area contributed by atoms with Crippen molar-refractivity contribution in [1.82, 2.24) is 0 Å². The molecular weight excluding hydrogens is 348 g/mol. The maximum atomic E-state index is 11.7. The van der Waals surface area contributed by atoms with Gasteiger partial charge in [0.25, 0.3) is 0 Å². The van der Waals surface area contributed by atoms with Gasteiger partial charge in [0.05, 0.1) is 4.92 Å². The first-order chi connectivity index (χ1) is 13.0. The first-order valence-corrected chi connectivity index (χ1v) is 9.36. The van der Waals surface area contributed by atoms with Gasteiger partial charge in [-0.15, -0.1) is 0 Å². The van der Waals surface area contributed by atoms with Gasteiger partial charge in [0.15, 0.2) is 0 Å². The van der Waals surface area contributed by atoms with E-state index in [0.29, 0.717) is 38.2 Å². The third-order valence-corrected chi connectivity index (χ3v) is 5.64. The average molecular weight is 374 g/mol. The van der Waals surface area contributed by atoms with Gasteiger partial charge < -0.3 is 19.3 Å². The van der Waals surface area contributed by atoms with Gasteiger partial charge in [-0.25, -0.2) is 0 Å². The minimum absolute atomic E-state index is 0.102. The largest absolute Gasteiger partial charge is 0.381 e. The normalized spacial score (nSPS) is 18.7. The maximum Gasteiger partial charge on any atom is 0.310 e. The summed E-state index contributed by atoms with van der Waals surface area (Å²) in [7, 11) is 3.86. The van der Waals surface area contributed by atoms with Crippen molar-refractivity contribution < 1.29 is 14.4 Å². The zero-order chi connectivity index (χ0) is 19.4. The molecule has 0 spiro atoms. The van der Waals surface area contributed by atoms with E-state index >= 15 is 0 Å². The summed E-state index contributed by atoms with van der Waals surface area (Å²) in [6, 6.07) is 5.97. The predicted molar refractivity (Wildman–Crippen MR) is 102 cm³/mol. The fourth-order valence-corrected chi connectivity index (χ4v) is 3.91. The summed E-state index contributed by atoms with van der Waals surface area (Å²) in [5.74, 6) is 0. The lowest BCUT2D eigenvalue weighted by molar-refractivity contribution is -0.384. The van der Waals surface area contributed by atoms with Gasteiger partial charge in [-0.1, -0.05) is 0 Å². The number of nitro benzene ring substituents is 1. The molecule has 8 heteroatoms. The average Bonchev–Trinajstić information content (AvgIpc) is 2.72. The highest BCUT2D eigenvalue weighted by Gasteiger charge is 2.30. The molecule has 3 rings (SSSR count). The molecule has 0 unspecified atom stereocenters. The lowest BCUT2D eigenvalue weighted by atomic mass is 10.0. The molecule has 0 radical (unpaired) electrons. The smallest absolute Gasteiger partial charge is 0.310 e. The fraction of sp³-hybridized carbons (Fsp3) is 0.632. The second-order valence-electron chi connectivity index (χ2n) is 7.14. The Labute approximate surface area is 159 Å². The Bertz CT molecular complexity index is 721. The third kappa shape index (κ3) is 4.15. The van der Waals surface area contributed by atoms with E-state index in [-0.39, 0.29) is 17.3 Å². The van der Waals surface area contributed by atoms with Crippen LogP contribution in [0.4, 0.5) is 17.1 Å². The summed E-state index contributed by atoms with van der Waals surface area (Å²) in [5, 5.41) is 21.3. The number of rotatable bonds is 5. The summed E-state index contributed by atoms with van der Waals surface area (Å²) in [4.78, 5) is 15.4. The molecule has 2 aliphatic rings. The van der Waals surface area contributed by atoms with Crippen molar-refractivity contribution in [3.05, 3.63) is 27.8 Å². The first kappa shape index (κ1) is 19.4. The van der Waals surface area contributed by atoms with Gasteiger partial charge >= 0.3 is 5.69 Å². The standard InChI is InChI=1S/C19H26N4O4/c1-21(15-3-7-26-8-4-15)17-11-14(13-20)19(23(24)25)18(12-17)22(2)16-5-9-27-10-6-16/h11-12,15-16H,3-10H2,1-2H3.